The summed E-state index contributed by atoms with van der Waals surface area (Å²) in [6.07, 6.45) is 2.90. The van der Waals surface area contributed by atoms with Crippen molar-refractivity contribution in [3.8, 4) is 0 Å². The maximum absolute atomic E-state index is 13.7. The van der Waals surface area contributed by atoms with Crippen LogP contribution in [-0.2, 0) is 17.7 Å². The van der Waals surface area contributed by atoms with E-state index in [0.717, 1.165) is 24.5 Å². The molecule has 3 rings (SSSR count). The Morgan fingerprint density at radius 3 is 2.53 bits per heavy atom. The van der Waals surface area contributed by atoms with Gasteiger partial charge in [-0.2, -0.15) is 0 Å². The first-order chi connectivity index (χ1) is 14.0. The second kappa shape index (κ2) is 12.0. The van der Waals surface area contributed by atoms with E-state index in [1.165, 1.54) is 6.07 Å². The smallest absolute Gasteiger partial charge is 0.191 e. The predicted octanol–water partition coefficient (Wildman–Crippen LogP) is 3.36. The van der Waals surface area contributed by atoms with Crippen LogP contribution in [0.2, 0.25) is 0 Å². The average Bonchev–Trinajstić information content (AvgIpc) is 2.71. The van der Waals surface area contributed by atoms with E-state index in [-0.39, 0.29) is 42.0 Å². The van der Waals surface area contributed by atoms with E-state index in [4.69, 9.17) is 4.74 Å². The number of guanidine groups is 1. The minimum absolute atomic E-state index is 0. The van der Waals surface area contributed by atoms with E-state index < -0.39 is 0 Å². The summed E-state index contributed by atoms with van der Waals surface area (Å²) in [4.78, 5) is 11.1. The molecule has 2 N–H and O–H groups in total. The number of aliphatic imine (C=N–C) groups is 1. The minimum atomic E-state index is -0.174. The Hall–Kier alpha value is -1.94. The van der Waals surface area contributed by atoms with E-state index in [1.54, 1.807) is 19.2 Å². The fourth-order valence-corrected chi connectivity index (χ4v) is 3.50. The summed E-state index contributed by atoms with van der Waals surface area (Å²) in [5.74, 6) is 1.48. The largest absolute Gasteiger partial charge is 0.372 e. The summed E-state index contributed by atoms with van der Waals surface area (Å²) in [5.41, 5.74) is 1.77. The number of halogens is 2. The first-order valence-corrected chi connectivity index (χ1v) is 10.1. The van der Waals surface area contributed by atoms with Crippen molar-refractivity contribution >= 4 is 35.8 Å². The van der Waals surface area contributed by atoms with Crippen LogP contribution >= 0.6 is 24.0 Å². The standard InChI is InChI=1S/C22H30FN5O.HI/c1-16-14-28(15-17(2)29-16)21-9-8-18(12-26-21)13-27-22(24-3)25-11-10-19-6-4-5-7-20(19)23;/h4-9,12,16-17H,10-11,13-15H2,1-3H3,(H2,24,25,27);1H. The monoisotopic (exact) mass is 527 g/mol. The molecule has 2 unspecified atom stereocenters. The van der Waals surface area contributed by atoms with Crippen LogP contribution in [0.3, 0.4) is 0 Å². The Morgan fingerprint density at radius 2 is 1.90 bits per heavy atom. The Labute approximate surface area is 195 Å². The molecule has 1 aliphatic rings. The van der Waals surface area contributed by atoms with Crippen molar-refractivity contribution in [3.05, 3.63) is 59.5 Å². The molecule has 1 aromatic carbocycles. The lowest BCUT2D eigenvalue weighted by Crippen LogP contribution is -2.45. The molecular formula is C22H31FIN5O. The first-order valence-electron chi connectivity index (χ1n) is 10.1. The molecule has 0 amide bonds. The van der Waals surface area contributed by atoms with Crippen molar-refractivity contribution < 1.29 is 9.13 Å². The van der Waals surface area contributed by atoms with Gasteiger partial charge in [-0.1, -0.05) is 24.3 Å². The molecule has 2 heterocycles. The second-order valence-electron chi connectivity index (χ2n) is 7.38. The molecule has 6 nitrogen and oxygen atoms in total. The van der Waals surface area contributed by atoms with E-state index in [2.05, 4.69) is 51.5 Å². The lowest BCUT2D eigenvalue weighted by atomic mass is 10.1. The van der Waals surface area contributed by atoms with Crippen molar-refractivity contribution in [2.24, 2.45) is 4.99 Å². The van der Waals surface area contributed by atoms with E-state index in [9.17, 15) is 4.39 Å². The third kappa shape index (κ3) is 7.09. The van der Waals surface area contributed by atoms with Gasteiger partial charge < -0.3 is 20.3 Å². The van der Waals surface area contributed by atoms with Gasteiger partial charge in [-0.05, 0) is 43.5 Å². The van der Waals surface area contributed by atoms with Gasteiger partial charge in [-0.25, -0.2) is 9.37 Å². The molecule has 8 heteroatoms. The average molecular weight is 527 g/mol. The number of rotatable bonds is 6. The third-order valence-electron chi connectivity index (χ3n) is 4.88. The summed E-state index contributed by atoms with van der Waals surface area (Å²) < 4.78 is 19.5. The number of aromatic nitrogens is 1. The number of anilines is 1. The van der Waals surface area contributed by atoms with Gasteiger partial charge >= 0.3 is 0 Å². The van der Waals surface area contributed by atoms with Crippen LogP contribution in [-0.4, -0.2) is 49.8 Å². The van der Waals surface area contributed by atoms with E-state index >= 15 is 0 Å². The van der Waals surface area contributed by atoms with Crippen molar-refractivity contribution in [2.45, 2.75) is 39.0 Å². The lowest BCUT2D eigenvalue weighted by Gasteiger charge is -2.36. The molecule has 0 bridgehead atoms. The normalized spacial score (nSPS) is 19.2. The van der Waals surface area contributed by atoms with Crippen LogP contribution in [0.1, 0.15) is 25.0 Å². The van der Waals surface area contributed by atoms with Crippen molar-refractivity contribution in [3.63, 3.8) is 0 Å². The summed E-state index contributed by atoms with van der Waals surface area (Å²) >= 11 is 0. The highest BCUT2D eigenvalue weighted by molar-refractivity contribution is 14.0. The highest BCUT2D eigenvalue weighted by Crippen LogP contribution is 2.18. The van der Waals surface area contributed by atoms with E-state index in [1.807, 2.05) is 12.3 Å². The predicted molar refractivity (Wildman–Crippen MR) is 130 cm³/mol. The van der Waals surface area contributed by atoms with Gasteiger partial charge in [0.1, 0.15) is 11.6 Å². The zero-order valence-electron chi connectivity index (χ0n) is 17.8. The number of nitrogens with zero attached hydrogens (tertiary/aromatic N) is 3. The number of morpholine rings is 1. The molecule has 1 aliphatic heterocycles. The fraction of sp³-hybridized carbons (Fsp3) is 0.455. The maximum Gasteiger partial charge on any atom is 0.191 e. The Morgan fingerprint density at radius 1 is 1.17 bits per heavy atom. The molecule has 1 fully saturated rings. The molecule has 1 aromatic heterocycles. The highest BCUT2D eigenvalue weighted by atomic mass is 127. The summed E-state index contributed by atoms with van der Waals surface area (Å²) in [7, 11) is 1.72. The summed E-state index contributed by atoms with van der Waals surface area (Å²) in [5, 5.41) is 6.49. The SMILES string of the molecule is CN=C(NCCc1ccccc1F)NCc1ccc(N2CC(C)OC(C)C2)nc1.I. The highest BCUT2D eigenvalue weighted by Gasteiger charge is 2.22. The van der Waals surface area contributed by atoms with Crippen LogP contribution in [0.5, 0.6) is 0 Å². The molecule has 0 spiro atoms. The Bertz CT molecular complexity index is 807. The molecule has 0 aliphatic carbocycles. The molecule has 2 aromatic rings. The van der Waals surface area contributed by atoms with Gasteiger partial charge in [0.15, 0.2) is 5.96 Å². The second-order valence-corrected chi connectivity index (χ2v) is 7.38. The van der Waals surface area contributed by atoms with Crippen LogP contribution in [0.25, 0.3) is 0 Å². The van der Waals surface area contributed by atoms with Crippen LogP contribution in [0, 0.1) is 5.82 Å². The number of ether oxygens (including phenoxy) is 1. The molecule has 2 atom stereocenters. The van der Waals surface area contributed by atoms with Crippen LogP contribution < -0.4 is 15.5 Å². The number of hydrogen-bond donors (Lipinski definition) is 2. The lowest BCUT2D eigenvalue weighted by molar-refractivity contribution is -0.00545. The molecule has 30 heavy (non-hydrogen) atoms. The molecule has 0 radical (unpaired) electrons. The van der Waals surface area contributed by atoms with Gasteiger partial charge in [0.05, 0.1) is 12.2 Å². The van der Waals surface area contributed by atoms with Crippen molar-refractivity contribution in [1.82, 2.24) is 15.6 Å². The third-order valence-corrected chi connectivity index (χ3v) is 4.88. The van der Waals surface area contributed by atoms with E-state index in [0.29, 0.717) is 31.0 Å². The Balaban J connectivity index is 0.00000320. The topological polar surface area (TPSA) is 61.8 Å². The van der Waals surface area contributed by atoms with Gasteiger partial charge in [0.25, 0.3) is 0 Å². The van der Waals surface area contributed by atoms with Crippen molar-refractivity contribution in [2.75, 3.05) is 31.6 Å². The first kappa shape index (κ1) is 24.3. The molecular weight excluding hydrogens is 496 g/mol. The minimum Gasteiger partial charge on any atom is -0.372 e. The summed E-state index contributed by atoms with van der Waals surface area (Å²) in [6.45, 7) is 7.10. The number of pyridine rings is 1. The number of nitrogens with one attached hydrogen (secondary N) is 2. The Kier molecular flexibility index (Phi) is 9.77. The van der Waals surface area contributed by atoms with Crippen LogP contribution in [0.15, 0.2) is 47.6 Å². The van der Waals surface area contributed by atoms with Gasteiger partial charge in [0.2, 0.25) is 0 Å². The quantitative estimate of drug-likeness (QED) is 0.343. The molecule has 1 saturated heterocycles. The number of hydrogen-bond acceptors (Lipinski definition) is 4. The zero-order valence-corrected chi connectivity index (χ0v) is 20.1. The fourth-order valence-electron chi connectivity index (χ4n) is 3.50. The van der Waals surface area contributed by atoms with Gasteiger partial charge in [0, 0.05) is 39.4 Å². The summed E-state index contributed by atoms with van der Waals surface area (Å²) in [6, 6.07) is 11.0. The van der Waals surface area contributed by atoms with Crippen molar-refractivity contribution in [1.29, 1.82) is 0 Å². The van der Waals surface area contributed by atoms with Crippen LogP contribution in [0.4, 0.5) is 10.2 Å². The van der Waals surface area contributed by atoms with Gasteiger partial charge in [-0.3, -0.25) is 4.99 Å². The van der Waals surface area contributed by atoms with Gasteiger partial charge in [-0.15, -0.1) is 24.0 Å². The molecule has 0 saturated carbocycles. The zero-order chi connectivity index (χ0) is 20.6. The number of benzene rings is 1. The maximum atomic E-state index is 13.7. The molecule has 164 valence electrons.